The summed E-state index contributed by atoms with van der Waals surface area (Å²) in [6, 6.07) is 7.66. The van der Waals surface area contributed by atoms with Crippen LogP contribution in [0.3, 0.4) is 0 Å². The molecule has 2 aromatic rings. The van der Waals surface area contributed by atoms with E-state index in [-0.39, 0.29) is 5.71 Å². The summed E-state index contributed by atoms with van der Waals surface area (Å²) in [6.45, 7) is 0. The standard InChI is InChI=1S/C12H9N3O3S2/c1-18-12(16)9-6-8(14-20(17)15-9)11-13-7-4-2-3-5-10(7)19-11/h2-6,14H,1H3. The number of ether oxygens (including phenoxy) is 1. The van der Waals surface area contributed by atoms with Crippen molar-refractivity contribution in [1.82, 2.24) is 9.71 Å². The Labute approximate surface area is 120 Å². The average Bonchev–Trinajstić information content (AvgIpc) is 2.89. The van der Waals surface area contributed by atoms with Crippen molar-refractivity contribution in [2.45, 2.75) is 0 Å². The van der Waals surface area contributed by atoms with Gasteiger partial charge in [-0.2, -0.15) is 4.40 Å². The maximum atomic E-state index is 11.6. The van der Waals surface area contributed by atoms with Crippen LogP contribution in [0.2, 0.25) is 0 Å². The number of benzene rings is 1. The predicted octanol–water partition coefficient (Wildman–Crippen LogP) is 1.43. The van der Waals surface area contributed by atoms with E-state index in [4.69, 9.17) is 0 Å². The lowest BCUT2D eigenvalue weighted by atomic mass is 10.3. The lowest BCUT2D eigenvalue weighted by molar-refractivity contribution is -0.132. The number of nitrogens with zero attached hydrogens (tertiary/aromatic N) is 2. The number of para-hydroxylation sites is 1. The van der Waals surface area contributed by atoms with Crippen LogP contribution in [0.1, 0.15) is 5.01 Å². The molecule has 0 fully saturated rings. The van der Waals surface area contributed by atoms with Crippen LogP contribution in [0, 0.1) is 0 Å². The van der Waals surface area contributed by atoms with Crippen LogP contribution in [0.5, 0.6) is 0 Å². The second-order valence-electron chi connectivity index (χ2n) is 3.86. The van der Waals surface area contributed by atoms with Crippen molar-refractivity contribution in [3.8, 4) is 0 Å². The summed E-state index contributed by atoms with van der Waals surface area (Å²) in [6.07, 6.45) is 1.49. The normalized spacial score (nSPS) is 18.1. The maximum Gasteiger partial charge on any atom is 0.357 e. The third-order valence-electron chi connectivity index (χ3n) is 2.58. The molecule has 1 aromatic heterocycles. The summed E-state index contributed by atoms with van der Waals surface area (Å²) in [7, 11) is 1.25. The van der Waals surface area contributed by atoms with E-state index in [0.717, 1.165) is 10.2 Å². The molecule has 0 saturated heterocycles. The van der Waals surface area contributed by atoms with E-state index in [9.17, 15) is 9.00 Å². The molecule has 2 heterocycles. The van der Waals surface area contributed by atoms with Crippen LogP contribution in [-0.4, -0.2) is 28.0 Å². The first-order valence-corrected chi connectivity index (χ1v) is 7.53. The molecule has 1 aromatic carbocycles. The summed E-state index contributed by atoms with van der Waals surface area (Å²) in [4.78, 5) is 15.9. The molecule has 1 atom stereocenters. The average molecular weight is 307 g/mol. The van der Waals surface area contributed by atoms with E-state index in [1.807, 2.05) is 24.3 Å². The first-order chi connectivity index (χ1) is 9.67. The van der Waals surface area contributed by atoms with Crippen molar-refractivity contribution >= 4 is 50.1 Å². The number of carbonyl (C=O) groups excluding carboxylic acids is 1. The monoisotopic (exact) mass is 307 g/mol. The first-order valence-electron chi connectivity index (χ1n) is 5.60. The van der Waals surface area contributed by atoms with Gasteiger partial charge in [-0.25, -0.2) is 14.0 Å². The lowest BCUT2D eigenvalue weighted by Gasteiger charge is -2.10. The van der Waals surface area contributed by atoms with E-state index in [2.05, 4.69) is 18.8 Å². The zero-order valence-corrected chi connectivity index (χ0v) is 12.0. The molecule has 0 amide bonds. The molecular weight excluding hydrogens is 298 g/mol. The molecule has 3 rings (SSSR count). The molecule has 20 heavy (non-hydrogen) atoms. The SMILES string of the molecule is COC(=O)C1=NS(=O)NC(c2nc3ccccc3s2)=C1. The number of esters is 1. The highest BCUT2D eigenvalue weighted by molar-refractivity contribution is 7.82. The largest absolute Gasteiger partial charge is 0.464 e. The van der Waals surface area contributed by atoms with E-state index in [0.29, 0.717) is 10.7 Å². The van der Waals surface area contributed by atoms with Crippen LogP contribution >= 0.6 is 11.3 Å². The van der Waals surface area contributed by atoms with Crippen LogP contribution in [-0.2, 0) is 20.7 Å². The fraction of sp³-hybridized carbons (Fsp3) is 0.0833. The minimum atomic E-state index is -1.71. The Morgan fingerprint density at radius 2 is 2.20 bits per heavy atom. The third-order valence-corrected chi connectivity index (χ3v) is 4.41. The van der Waals surface area contributed by atoms with Crippen molar-refractivity contribution in [3.63, 3.8) is 0 Å². The quantitative estimate of drug-likeness (QED) is 0.851. The van der Waals surface area contributed by atoms with Gasteiger partial charge in [0.25, 0.3) is 0 Å². The van der Waals surface area contributed by atoms with Crippen molar-refractivity contribution < 1.29 is 13.7 Å². The van der Waals surface area contributed by atoms with Gasteiger partial charge in [-0.3, -0.25) is 4.72 Å². The number of aromatic nitrogens is 1. The van der Waals surface area contributed by atoms with Gasteiger partial charge in [-0.05, 0) is 18.2 Å². The lowest BCUT2D eigenvalue weighted by Crippen LogP contribution is -2.25. The van der Waals surface area contributed by atoms with Crippen LogP contribution in [0.15, 0.2) is 34.7 Å². The third kappa shape index (κ3) is 2.35. The number of fused-ring (bicyclic) bond motifs is 1. The Hall–Kier alpha value is -2.06. The van der Waals surface area contributed by atoms with Crippen molar-refractivity contribution in [3.05, 3.63) is 35.3 Å². The van der Waals surface area contributed by atoms with Crippen LogP contribution in [0.25, 0.3) is 15.9 Å². The van der Waals surface area contributed by atoms with Gasteiger partial charge in [-0.15, -0.1) is 11.3 Å². The van der Waals surface area contributed by atoms with Crippen molar-refractivity contribution in [1.29, 1.82) is 0 Å². The summed E-state index contributed by atoms with van der Waals surface area (Å²) < 4.78 is 23.6. The molecule has 0 bridgehead atoms. The fourth-order valence-corrected chi connectivity index (χ4v) is 3.39. The summed E-state index contributed by atoms with van der Waals surface area (Å²) in [5.74, 6) is -0.626. The van der Waals surface area contributed by atoms with Crippen molar-refractivity contribution in [2.75, 3.05) is 7.11 Å². The molecule has 0 spiro atoms. The predicted molar refractivity (Wildman–Crippen MR) is 78.3 cm³/mol. The molecule has 8 heteroatoms. The summed E-state index contributed by atoms with van der Waals surface area (Å²) in [5, 5.41) is 0.649. The molecular formula is C12H9N3O3S2. The van der Waals surface area contributed by atoms with E-state index >= 15 is 0 Å². The molecule has 1 unspecified atom stereocenters. The molecule has 6 nitrogen and oxygen atoms in total. The molecule has 0 aliphatic carbocycles. The molecule has 0 radical (unpaired) electrons. The highest BCUT2D eigenvalue weighted by Gasteiger charge is 2.21. The van der Waals surface area contributed by atoms with Gasteiger partial charge >= 0.3 is 5.97 Å². The molecule has 1 aliphatic heterocycles. The zero-order valence-electron chi connectivity index (χ0n) is 10.3. The summed E-state index contributed by atoms with van der Waals surface area (Å²) >= 11 is -0.265. The minimum absolute atomic E-state index is 0.0128. The Bertz CT molecular complexity index is 746. The van der Waals surface area contributed by atoms with Gasteiger partial charge in [0.1, 0.15) is 5.01 Å². The van der Waals surface area contributed by atoms with Gasteiger partial charge in [0.2, 0.25) is 11.2 Å². The first kappa shape index (κ1) is 12.9. The molecule has 1 N–H and O–H groups in total. The smallest absolute Gasteiger partial charge is 0.357 e. The Kier molecular flexibility index (Phi) is 3.33. The number of carbonyl (C=O) groups is 1. The van der Waals surface area contributed by atoms with E-state index < -0.39 is 17.1 Å². The number of rotatable bonds is 2. The Morgan fingerprint density at radius 1 is 1.40 bits per heavy atom. The van der Waals surface area contributed by atoms with Gasteiger partial charge in [0, 0.05) is 0 Å². The molecule has 0 saturated carbocycles. The van der Waals surface area contributed by atoms with Gasteiger partial charge in [-0.1, -0.05) is 12.1 Å². The Balaban J connectivity index is 2.04. The molecule has 1 aliphatic rings. The second kappa shape index (κ2) is 5.14. The number of thiazole rings is 1. The highest BCUT2D eigenvalue weighted by Crippen LogP contribution is 2.27. The minimum Gasteiger partial charge on any atom is -0.464 e. The zero-order chi connectivity index (χ0) is 14.1. The second-order valence-corrected chi connectivity index (χ2v) is 5.78. The van der Waals surface area contributed by atoms with Gasteiger partial charge in [0.15, 0.2) is 5.71 Å². The van der Waals surface area contributed by atoms with Crippen molar-refractivity contribution in [2.24, 2.45) is 4.40 Å². The van der Waals surface area contributed by atoms with Crippen LogP contribution in [0.4, 0.5) is 0 Å². The number of hydrogen-bond acceptors (Lipinski definition) is 5. The van der Waals surface area contributed by atoms with E-state index in [1.165, 1.54) is 24.5 Å². The molecule has 102 valence electrons. The Morgan fingerprint density at radius 3 is 2.95 bits per heavy atom. The number of methoxy groups -OCH3 is 1. The fourth-order valence-electron chi connectivity index (χ4n) is 1.69. The van der Waals surface area contributed by atoms with E-state index in [1.54, 1.807) is 0 Å². The topological polar surface area (TPSA) is 80.6 Å². The number of nitrogens with one attached hydrogen (secondary N) is 1. The maximum absolute atomic E-state index is 11.6. The van der Waals surface area contributed by atoms with Crippen LogP contribution < -0.4 is 4.72 Å². The number of hydrogen-bond donors (Lipinski definition) is 1. The van der Waals surface area contributed by atoms with Gasteiger partial charge < -0.3 is 4.74 Å². The highest BCUT2D eigenvalue weighted by atomic mass is 32.2. The summed E-state index contributed by atoms with van der Waals surface area (Å²) in [5.41, 5.74) is 1.36. The van der Waals surface area contributed by atoms with Gasteiger partial charge in [0.05, 0.1) is 23.0 Å².